The molecule has 0 unspecified atom stereocenters. The number of unbranched alkanes of at least 4 members (excludes halogenated alkanes) is 1. The van der Waals surface area contributed by atoms with Crippen molar-refractivity contribution in [2.45, 2.75) is 33.1 Å². The quantitative estimate of drug-likeness (QED) is 0.551. The monoisotopic (exact) mass is 339 g/mol. The van der Waals surface area contributed by atoms with E-state index in [0.29, 0.717) is 0 Å². The number of aliphatic carboxylic acids is 2. The van der Waals surface area contributed by atoms with E-state index in [2.05, 4.69) is 35.4 Å². The average molecular weight is 339 g/mol. The molecular formula is C16H25N3O5. The second-order valence-corrected chi connectivity index (χ2v) is 5.62. The maximum absolute atomic E-state index is 9.10. The first kappa shape index (κ1) is 19.7. The van der Waals surface area contributed by atoms with Crippen LogP contribution < -0.4 is 5.32 Å². The molecule has 24 heavy (non-hydrogen) atoms. The van der Waals surface area contributed by atoms with Crippen molar-refractivity contribution in [3.8, 4) is 0 Å². The number of anilines is 1. The van der Waals surface area contributed by atoms with Crippen molar-refractivity contribution >= 4 is 23.4 Å². The lowest BCUT2D eigenvalue weighted by atomic mass is 10.0. The molecule has 0 amide bonds. The number of carbonyl (C=O) groups is 2. The summed E-state index contributed by atoms with van der Waals surface area (Å²) in [7, 11) is 2.15. The van der Waals surface area contributed by atoms with Gasteiger partial charge < -0.3 is 25.0 Å². The molecular weight excluding hydrogens is 314 g/mol. The molecule has 8 heteroatoms. The first-order valence-corrected chi connectivity index (χ1v) is 7.91. The average Bonchev–Trinajstić information content (AvgIpc) is 2.89. The van der Waals surface area contributed by atoms with Gasteiger partial charge in [-0.25, -0.2) is 9.59 Å². The predicted octanol–water partition coefficient (Wildman–Crippen LogP) is 2.07. The van der Waals surface area contributed by atoms with E-state index >= 15 is 0 Å². The molecule has 0 saturated carbocycles. The second-order valence-electron chi connectivity index (χ2n) is 5.62. The van der Waals surface area contributed by atoms with E-state index in [1.165, 1.54) is 12.0 Å². The lowest BCUT2D eigenvalue weighted by molar-refractivity contribution is -0.159. The Morgan fingerprint density at radius 2 is 2.04 bits per heavy atom. The molecule has 2 rings (SSSR count). The van der Waals surface area contributed by atoms with E-state index in [-0.39, 0.29) is 0 Å². The summed E-state index contributed by atoms with van der Waals surface area (Å²) in [6.07, 6.45) is 5.74. The van der Waals surface area contributed by atoms with Crippen LogP contribution in [0.2, 0.25) is 0 Å². The summed E-state index contributed by atoms with van der Waals surface area (Å²) >= 11 is 0. The van der Waals surface area contributed by atoms with E-state index in [1.807, 2.05) is 6.92 Å². The van der Waals surface area contributed by atoms with Gasteiger partial charge >= 0.3 is 11.9 Å². The molecule has 0 fully saturated rings. The number of aromatic nitrogens is 1. The highest BCUT2D eigenvalue weighted by Gasteiger charge is 2.19. The molecule has 1 aromatic rings. The van der Waals surface area contributed by atoms with Gasteiger partial charge in [-0.3, -0.25) is 0 Å². The predicted molar refractivity (Wildman–Crippen MR) is 90.0 cm³/mol. The van der Waals surface area contributed by atoms with Crippen molar-refractivity contribution in [3.63, 3.8) is 0 Å². The molecule has 0 aromatic carbocycles. The third-order valence-electron chi connectivity index (χ3n) is 3.52. The van der Waals surface area contributed by atoms with Crippen LogP contribution in [0.3, 0.4) is 0 Å². The van der Waals surface area contributed by atoms with Crippen LogP contribution in [0.5, 0.6) is 0 Å². The number of hydrogen-bond acceptors (Lipinski definition) is 6. The number of nitrogens with zero attached hydrogens (tertiary/aromatic N) is 2. The molecule has 0 atom stereocenters. The molecule has 2 heterocycles. The third-order valence-corrected chi connectivity index (χ3v) is 3.52. The van der Waals surface area contributed by atoms with E-state index in [1.54, 1.807) is 0 Å². The van der Waals surface area contributed by atoms with Crippen LogP contribution in [0, 0.1) is 6.92 Å². The summed E-state index contributed by atoms with van der Waals surface area (Å²) < 4.78 is 5.41. The molecule has 134 valence electrons. The summed E-state index contributed by atoms with van der Waals surface area (Å²) in [5, 5.41) is 22.2. The molecule has 0 aliphatic carbocycles. The zero-order valence-electron chi connectivity index (χ0n) is 14.3. The zero-order chi connectivity index (χ0) is 18.1. The van der Waals surface area contributed by atoms with Crippen molar-refractivity contribution in [2.75, 3.05) is 32.0 Å². The smallest absolute Gasteiger partial charge is 0.414 e. The van der Waals surface area contributed by atoms with Gasteiger partial charge in [0.2, 0.25) is 5.88 Å². The molecule has 1 aromatic heterocycles. The van der Waals surface area contributed by atoms with Gasteiger partial charge in [-0.1, -0.05) is 24.6 Å². The standard InChI is InChI=1S/C14H23N3O.C2H2O4/c1-4-5-8-15-14-13(11(2)16-18-14)12-7-6-9-17(3)10-12;3-1(4)2(5)6/h7,15H,4-6,8-10H2,1-3H3;(H,3,4)(H,5,6). The number of carboxylic acid groups (broad SMARTS) is 2. The van der Waals surface area contributed by atoms with E-state index < -0.39 is 11.9 Å². The first-order valence-electron chi connectivity index (χ1n) is 7.91. The van der Waals surface area contributed by atoms with Crippen LogP contribution in [0.4, 0.5) is 5.88 Å². The van der Waals surface area contributed by atoms with Crippen molar-refractivity contribution in [3.05, 3.63) is 17.3 Å². The van der Waals surface area contributed by atoms with E-state index in [0.717, 1.165) is 49.6 Å². The van der Waals surface area contributed by atoms with Crippen molar-refractivity contribution < 1.29 is 24.3 Å². The molecule has 0 bridgehead atoms. The summed E-state index contributed by atoms with van der Waals surface area (Å²) in [6, 6.07) is 0. The van der Waals surface area contributed by atoms with Gasteiger partial charge in [0.1, 0.15) is 0 Å². The van der Waals surface area contributed by atoms with Gasteiger partial charge in [-0.05, 0) is 32.4 Å². The Morgan fingerprint density at radius 3 is 2.58 bits per heavy atom. The van der Waals surface area contributed by atoms with Crippen molar-refractivity contribution in [1.82, 2.24) is 10.1 Å². The van der Waals surface area contributed by atoms with E-state index in [9.17, 15) is 0 Å². The number of aryl methyl sites for hydroxylation is 1. The Hall–Kier alpha value is -2.35. The summed E-state index contributed by atoms with van der Waals surface area (Å²) in [6.45, 7) is 7.25. The minimum absolute atomic E-state index is 0.836. The fraction of sp³-hybridized carbons (Fsp3) is 0.562. The molecule has 0 radical (unpaired) electrons. The highest BCUT2D eigenvalue weighted by atomic mass is 16.5. The van der Waals surface area contributed by atoms with Crippen molar-refractivity contribution in [1.29, 1.82) is 0 Å². The third kappa shape index (κ3) is 6.04. The largest absolute Gasteiger partial charge is 0.473 e. The molecule has 0 spiro atoms. The molecule has 3 N–H and O–H groups in total. The summed E-state index contributed by atoms with van der Waals surface area (Å²) in [5.41, 5.74) is 3.48. The number of nitrogens with one attached hydrogen (secondary N) is 1. The number of carboxylic acids is 2. The van der Waals surface area contributed by atoms with Gasteiger partial charge in [0, 0.05) is 19.6 Å². The molecule has 1 aliphatic heterocycles. The van der Waals surface area contributed by atoms with Crippen LogP contribution in [0.1, 0.15) is 37.4 Å². The Balaban J connectivity index is 0.000000413. The SMILES string of the molecule is CCCCNc1onc(C)c1C1=CCCN(C)C1.O=C(O)C(=O)O. The molecule has 0 saturated heterocycles. The van der Waals surface area contributed by atoms with Crippen LogP contribution >= 0.6 is 0 Å². The van der Waals surface area contributed by atoms with Crippen LogP contribution in [0.15, 0.2) is 10.6 Å². The zero-order valence-corrected chi connectivity index (χ0v) is 14.3. The fourth-order valence-corrected chi connectivity index (χ4v) is 2.32. The lowest BCUT2D eigenvalue weighted by Gasteiger charge is -2.23. The van der Waals surface area contributed by atoms with Crippen LogP contribution in [-0.2, 0) is 9.59 Å². The maximum Gasteiger partial charge on any atom is 0.414 e. The van der Waals surface area contributed by atoms with Crippen LogP contribution in [-0.4, -0.2) is 58.9 Å². The van der Waals surface area contributed by atoms with Crippen molar-refractivity contribution in [2.24, 2.45) is 0 Å². The van der Waals surface area contributed by atoms with Gasteiger partial charge in [0.25, 0.3) is 0 Å². The minimum Gasteiger partial charge on any atom is -0.473 e. The lowest BCUT2D eigenvalue weighted by Crippen LogP contribution is -2.25. The minimum atomic E-state index is -1.82. The van der Waals surface area contributed by atoms with Gasteiger partial charge in [-0.2, -0.15) is 0 Å². The summed E-state index contributed by atoms with van der Waals surface area (Å²) in [5.74, 6) is -2.81. The highest BCUT2D eigenvalue weighted by Crippen LogP contribution is 2.30. The number of rotatable bonds is 5. The summed E-state index contributed by atoms with van der Waals surface area (Å²) in [4.78, 5) is 20.5. The van der Waals surface area contributed by atoms with Crippen LogP contribution in [0.25, 0.3) is 5.57 Å². The molecule has 8 nitrogen and oxygen atoms in total. The number of likely N-dealkylation sites (N-methyl/N-ethyl adjacent to an activating group) is 1. The fourth-order valence-electron chi connectivity index (χ4n) is 2.32. The Bertz CT molecular complexity index is 583. The normalized spacial score (nSPS) is 14.4. The van der Waals surface area contributed by atoms with E-state index in [4.69, 9.17) is 24.3 Å². The topological polar surface area (TPSA) is 116 Å². The first-order chi connectivity index (χ1) is 11.4. The Labute approximate surface area is 141 Å². The number of hydrogen-bond donors (Lipinski definition) is 3. The molecule has 1 aliphatic rings. The van der Waals surface area contributed by atoms with Gasteiger partial charge in [-0.15, -0.1) is 0 Å². The van der Waals surface area contributed by atoms with Gasteiger partial charge in [0.05, 0.1) is 11.3 Å². The van der Waals surface area contributed by atoms with Gasteiger partial charge in [0.15, 0.2) is 0 Å². The Kier molecular flexibility index (Phi) is 7.97. The maximum atomic E-state index is 9.10. The highest BCUT2D eigenvalue weighted by molar-refractivity contribution is 6.27. The Morgan fingerprint density at radius 1 is 1.38 bits per heavy atom. The second kappa shape index (κ2) is 9.71.